The second kappa shape index (κ2) is 18.5. The van der Waals surface area contributed by atoms with Crippen molar-refractivity contribution < 1.29 is 0 Å². The first-order chi connectivity index (χ1) is 19.0. The molecule has 40 heavy (non-hydrogen) atoms. The Morgan fingerprint density at radius 1 is 0.975 bits per heavy atom. The van der Waals surface area contributed by atoms with Gasteiger partial charge in [0.05, 0.1) is 12.3 Å². The van der Waals surface area contributed by atoms with Gasteiger partial charge in [-0.2, -0.15) is 0 Å². The van der Waals surface area contributed by atoms with Crippen molar-refractivity contribution in [1.82, 2.24) is 4.72 Å². The van der Waals surface area contributed by atoms with Crippen LogP contribution in [0.3, 0.4) is 0 Å². The molecule has 0 aromatic heterocycles. The molecular weight excluding hydrogens is 506 g/mol. The lowest BCUT2D eigenvalue weighted by molar-refractivity contribution is 0.469. The number of rotatable bonds is 7. The molecule has 4 heteroatoms. The van der Waals surface area contributed by atoms with Crippen molar-refractivity contribution in [1.29, 1.82) is 0 Å². The van der Waals surface area contributed by atoms with E-state index in [-0.39, 0.29) is 0 Å². The van der Waals surface area contributed by atoms with Gasteiger partial charge in [0.2, 0.25) is 0 Å². The normalized spacial score (nSPS) is 13.7. The van der Waals surface area contributed by atoms with Crippen LogP contribution in [0.4, 0.5) is 0 Å². The Labute approximate surface area is 250 Å². The lowest BCUT2D eigenvalue weighted by atomic mass is 9.94. The molecule has 2 aromatic carbocycles. The van der Waals surface area contributed by atoms with E-state index in [9.17, 15) is 0 Å². The zero-order valence-corrected chi connectivity index (χ0v) is 27.6. The molecule has 2 aliphatic rings. The molecule has 0 radical (unpaired) electrons. The number of aryl methyl sites for hydroxylation is 1. The highest BCUT2D eigenvalue weighted by Crippen LogP contribution is 2.34. The number of benzene rings is 2. The monoisotopic (exact) mass is 559 g/mol. The largest absolute Gasteiger partial charge is 0.327 e. The van der Waals surface area contributed by atoms with Crippen molar-refractivity contribution in [3.8, 4) is 11.1 Å². The fraction of sp³-hybridized carbons (Fsp3) is 0.444. The van der Waals surface area contributed by atoms with Gasteiger partial charge in [-0.1, -0.05) is 104 Å². The highest BCUT2D eigenvalue weighted by molar-refractivity contribution is 7.97. The van der Waals surface area contributed by atoms with E-state index < -0.39 is 0 Å². The molecule has 2 aliphatic heterocycles. The predicted molar refractivity (Wildman–Crippen MR) is 183 cm³/mol. The summed E-state index contributed by atoms with van der Waals surface area (Å²) in [7, 11) is 0. The van der Waals surface area contributed by atoms with Crippen molar-refractivity contribution in [2.24, 2.45) is 15.4 Å². The molecule has 2 aromatic rings. The Morgan fingerprint density at radius 3 is 2.10 bits per heavy atom. The molecular formula is C36H53N3S. The quantitative estimate of drug-likeness (QED) is 0.270. The third-order valence-corrected chi connectivity index (χ3v) is 6.82. The summed E-state index contributed by atoms with van der Waals surface area (Å²) in [5, 5.41) is 0. The van der Waals surface area contributed by atoms with Crippen molar-refractivity contribution in [2.45, 2.75) is 99.8 Å². The predicted octanol–water partition coefficient (Wildman–Crippen LogP) is 11.0. The van der Waals surface area contributed by atoms with Crippen LogP contribution in [0.1, 0.15) is 99.6 Å². The minimum absolute atomic E-state index is 0.500. The number of nitrogens with one attached hydrogen (secondary N) is 1. The Balaban J connectivity index is 0.000000567. The highest BCUT2D eigenvalue weighted by atomic mass is 32.2. The number of unbranched alkanes of at least 4 members (excludes halogenated alkanes) is 1. The second-order valence-corrected chi connectivity index (χ2v) is 12.4. The van der Waals surface area contributed by atoms with Gasteiger partial charge in [0.25, 0.3) is 0 Å². The number of allylic oxidation sites excluding steroid dienone is 3. The Bertz CT molecular complexity index is 1180. The summed E-state index contributed by atoms with van der Waals surface area (Å²) in [6.45, 7) is 25.5. The lowest BCUT2D eigenvalue weighted by Crippen LogP contribution is -2.07. The summed E-state index contributed by atoms with van der Waals surface area (Å²) in [6, 6.07) is 15.4. The topological polar surface area (TPSA) is 36.8 Å². The maximum atomic E-state index is 4.52. The fourth-order valence-corrected chi connectivity index (χ4v) is 4.42. The number of hydrogen-bond donors (Lipinski definition) is 1. The molecule has 0 amide bonds. The Hall–Kier alpha value is -2.85. The standard InChI is InChI=1S/C24H25N3S.C5H12.C4H10.C3H6/c1-4-18-14-19(22-9-7-13-25-22)11-12-20(18)21-8-5-6-10-24(21)28-27-23-15-26-17(3)16(23)2;1-5(2,3)4;1-3-4-2;1-3-2/h5-8,10-14,27H,4,9,15H2,1-3H3;1-4H3;3-4H2,1-2H3;3H,1H2,2H3. The minimum Gasteiger partial charge on any atom is -0.327 e. The van der Waals surface area contributed by atoms with E-state index in [0.29, 0.717) is 5.41 Å². The summed E-state index contributed by atoms with van der Waals surface area (Å²) < 4.78 is 3.54. The van der Waals surface area contributed by atoms with Crippen LogP contribution in [-0.2, 0) is 6.42 Å². The minimum atomic E-state index is 0.500. The van der Waals surface area contributed by atoms with E-state index in [1.807, 2.05) is 13.1 Å². The molecule has 0 spiro atoms. The van der Waals surface area contributed by atoms with Crippen LogP contribution >= 0.6 is 11.9 Å². The van der Waals surface area contributed by atoms with Gasteiger partial charge in [0, 0.05) is 28.9 Å². The zero-order chi connectivity index (χ0) is 30.1. The average molecular weight is 560 g/mol. The number of nitrogens with zero attached hydrogens (tertiary/aromatic N) is 2. The Kier molecular flexibility index (Phi) is 16.3. The maximum absolute atomic E-state index is 4.52. The first-order valence-electron chi connectivity index (χ1n) is 14.7. The smallest absolute Gasteiger partial charge is 0.0801 e. The van der Waals surface area contributed by atoms with Crippen LogP contribution in [0.2, 0.25) is 0 Å². The van der Waals surface area contributed by atoms with Gasteiger partial charge < -0.3 is 4.72 Å². The molecule has 4 rings (SSSR count). The average Bonchev–Trinajstić information content (AvgIpc) is 3.57. The molecule has 0 aliphatic carbocycles. The van der Waals surface area contributed by atoms with E-state index in [1.165, 1.54) is 51.3 Å². The van der Waals surface area contributed by atoms with Crippen molar-refractivity contribution in [3.63, 3.8) is 0 Å². The fourth-order valence-electron chi connectivity index (χ4n) is 3.54. The van der Waals surface area contributed by atoms with Gasteiger partial charge in [0.15, 0.2) is 0 Å². The zero-order valence-electron chi connectivity index (χ0n) is 26.8. The third kappa shape index (κ3) is 12.6. The molecule has 3 nitrogen and oxygen atoms in total. The molecule has 0 saturated heterocycles. The van der Waals surface area contributed by atoms with E-state index in [0.717, 1.165) is 30.8 Å². The lowest BCUT2D eigenvalue weighted by Gasteiger charge is -2.15. The van der Waals surface area contributed by atoms with Gasteiger partial charge in [0.1, 0.15) is 0 Å². The Morgan fingerprint density at radius 2 is 1.60 bits per heavy atom. The maximum Gasteiger partial charge on any atom is 0.0801 e. The van der Waals surface area contributed by atoms with Crippen LogP contribution in [0.15, 0.2) is 93.5 Å². The van der Waals surface area contributed by atoms with Gasteiger partial charge in [-0.3, -0.25) is 9.98 Å². The molecule has 0 unspecified atom stereocenters. The molecule has 0 atom stereocenters. The van der Waals surface area contributed by atoms with E-state index in [1.54, 1.807) is 18.0 Å². The summed E-state index contributed by atoms with van der Waals surface area (Å²) >= 11 is 1.68. The molecule has 2 heterocycles. The van der Waals surface area contributed by atoms with E-state index >= 15 is 0 Å². The summed E-state index contributed by atoms with van der Waals surface area (Å²) in [6.07, 6.45) is 10.3. The van der Waals surface area contributed by atoms with Gasteiger partial charge in [-0.25, -0.2) is 0 Å². The van der Waals surface area contributed by atoms with Crippen molar-refractivity contribution in [2.75, 3.05) is 6.54 Å². The number of aliphatic imine (C=N–C) groups is 2. The first-order valence-corrected chi connectivity index (χ1v) is 15.5. The third-order valence-electron chi connectivity index (χ3n) is 5.90. The van der Waals surface area contributed by atoms with E-state index in [4.69, 9.17) is 0 Å². The molecule has 218 valence electrons. The van der Waals surface area contributed by atoms with Crippen LogP contribution in [0.25, 0.3) is 11.1 Å². The van der Waals surface area contributed by atoms with Crippen LogP contribution in [0.5, 0.6) is 0 Å². The van der Waals surface area contributed by atoms with Gasteiger partial charge >= 0.3 is 0 Å². The molecule has 0 saturated carbocycles. The summed E-state index contributed by atoms with van der Waals surface area (Å²) in [5.41, 5.74) is 10.4. The summed E-state index contributed by atoms with van der Waals surface area (Å²) in [5.74, 6) is 0. The van der Waals surface area contributed by atoms with Crippen LogP contribution < -0.4 is 4.72 Å². The number of hydrogen-bond acceptors (Lipinski definition) is 4. The van der Waals surface area contributed by atoms with Crippen LogP contribution in [-0.4, -0.2) is 18.0 Å². The first kappa shape index (κ1) is 35.2. The van der Waals surface area contributed by atoms with Crippen molar-refractivity contribution >= 4 is 23.4 Å². The SMILES string of the molecule is C=CC.CC(C)(C)C.CCCC.CCc1cc(C2=NC=CC2)ccc1-c1ccccc1SNC1=C(C)C(C)=NC1. The molecule has 0 bridgehead atoms. The second-order valence-electron chi connectivity index (χ2n) is 11.5. The van der Waals surface area contributed by atoms with Crippen LogP contribution in [0, 0.1) is 5.41 Å². The molecule has 0 fully saturated rings. The van der Waals surface area contributed by atoms with Gasteiger partial charge in [-0.05, 0) is 84.5 Å². The highest BCUT2D eigenvalue weighted by Gasteiger charge is 2.15. The van der Waals surface area contributed by atoms with E-state index in [2.05, 4.69) is 132 Å². The summed E-state index contributed by atoms with van der Waals surface area (Å²) in [4.78, 5) is 10.2. The van der Waals surface area contributed by atoms with Crippen molar-refractivity contribution in [3.05, 3.63) is 89.8 Å². The van der Waals surface area contributed by atoms with Gasteiger partial charge in [-0.15, -0.1) is 6.58 Å². The molecule has 1 N–H and O–H groups in total.